The smallest absolute Gasteiger partial charge is 0.00104 e. The summed E-state index contributed by atoms with van der Waals surface area (Å²) in [6.07, 6.45) is 3.79. The van der Waals surface area contributed by atoms with E-state index in [2.05, 4.69) is 20.8 Å². The maximum atomic E-state index is 5.58. The molecule has 0 aromatic carbocycles. The minimum absolute atomic E-state index is 0.392. The van der Waals surface area contributed by atoms with Crippen LogP contribution in [0.1, 0.15) is 40.0 Å². The van der Waals surface area contributed by atoms with Gasteiger partial charge in [0.2, 0.25) is 0 Å². The van der Waals surface area contributed by atoms with Crippen LogP contribution in [0.5, 0.6) is 0 Å². The minimum atomic E-state index is 0.392. The molecule has 0 aromatic heterocycles. The van der Waals surface area contributed by atoms with Gasteiger partial charge in [-0.25, -0.2) is 0 Å². The molecule has 0 rings (SSSR count). The Bertz CT molecular complexity index is 49.6. The molecule has 0 amide bonds. The predicted octanol–water partition coefficient (Wildman–Crippen LogP) is 2.16. The van der Waals surface area contributed by atoms with Crippen molar-refractivity contribution in [3.63, 3.8) is 0 Å². The third kappa shape index (κ3) is 7.96. The van der Waals surface area contributed by atoms with Gasteiger partial charge < -0.3 is 5.73 Å². The lowest BCUT2D eigenvalue weighted by Crippen LogP contribution is -2.14. The number of rotatable bonds is 4. The monoisotopic (exact) mass is 129 g/mol. The molecule has 9 heavy (non-hydrogen) atoms. The Morgan fingerprint density at radius 3 is 2.00 bits per heavy atom. The summed E-state index contributed by atoms with van der Waals surface area (Å²) in [7, 11) is 0. The van der Waals surface area contributed by atoms with E-state index < -0.39 is 0 Å². The van der Waals surface area contributed by atoms with Crippen LogP contribution in [0, 0.1) is 5.92 Å². The van der Waals surface area contributed by atoms with Gasteiger partial charge >= 0.3 is 0 Å². The summed E-state index contributed by atoms with van der Waals surface area (Å²) in [6, 6.07) is 0.392. The third-order valence-electron chi connectivity index (χ3n) is 1.44. The van der Waals surface area contributed by atoms with E-state index in [9.17, 15) is 0 Å². The average molecular weight is 129 g/mol. The molecule has 1 nitrogen and oxygen atoms in total. The van der Waals surface area contributed by atoms with Crippen molar-refractivity contribution in [3.8, 4) is 0 Å². The van der Waals surface area contributed by atoms with Crippen LogP contribution in [0.2, 0.25) is 0 Å². The van der Waals surface area contributed by atoms with Crippen LogP contribution in [0.3, 0.4) is 0 Å². The van der Waals surface area contributed by atoms with Crippen LogP contribution < -0.4 is 5.73 Å². The van der Waals surface area contributed by atoms with Crippen molar-refractivity contribution < 1.29 is 0 Å². The van der Waals surface area contributed by atoms with E-state index in [1.54, 1.807) is 0 Å². The second-order valence-electron chi connectivity index (χ2n) is 3.30. The average Bonchev–Trinajstić information content (AvgIpc) is 1.63. The van der Waals surface area contributed by atoms with Crippen molar-refractivity contribution in [3.05, 3.63) is 0 Å². The lowest BCUT2D eigenvalue weighted by atomic mass is 10.0. The SMILES string of the molecule is CC(C)CCCC(C)N. The van der Waals surface area contributed by atoms with Gasteiger partial charge in [0.15, 0.2) is 0 Å². The third-order valence-corrected chi connectivity index (χ3v) is 1.44. The summed E-state index contributed by atoms with van der Waals surface area (Å²) in [5, 5.41) is 0. The van der Waals surface area contributed by atoms with E-state index in [0.29, 0.717) is 6.04 Å². The van der Waals surface area contributed by atoms with E-state index in [0.717, 1.165) is 5.92 Å². The minimum Gasteiger partial charge on any atom is -0.328 e. The normalized spacial score (nSPS) is 14.3. The Kier molecular flexibility index (Phi) is 4.78. The number of nitrogens with two attached hydrogens (primary N) is 1. The van der Waals surface area contributed by atoms with Crippen LogP contribution in [-0.4, -0.2) is 6.04 Å². The zero-order valence-electron chi connectivity index (χ0n) is 6.85. The van der Waals surface area contributed by atoms with E-state index in [1.165, 1.54) is 19.3 Å². The fourth-order valence-electron chi connectivity index (χ4n) is 0.848. The Balaban J connectivity index is 2.91. The van der Waals surface area contributed by atoms with Crippen molar-refractivity contribution in [2.45, 2.75) is 46.1 Å². The molecule has 0 aliphatic carbocycles. The highest BCUT2D eigenvalue weighted by molar-refractivity contribution is 4.54. The van der Waals surface area contributed by atoms with Crippen molar-refractivity contribution in [1.82, 2.24) is 0 Å². The maximum absolute atomic E-state index is 5.58. The Labute approximate surface area is 58.6 Å². The summed E-state index contributed by atoms with van der Waals surface area (Å²) < 4.78 is 0. The standard InChI is InChI=1S/C8H19N/c1-7(2)5-4-6-8(3)9/h7-8H,4-6,9H2,1-3H3. The first-order valence-corrected chi connectivity index (χ1v) is 3.88. The molecule has 1 atom stereocenters. The highest BCUT2D eigenvalue weighted by Crippen LogP contribution is 2.06. The number of hydrogen-bond acceptors (Lipinski definition) is 1. The van der Waals surface area contributed by atoms with Crippen LogP contribution in [-0.2, 0) is 0 Å². The number of hydrogen-bond donors (Lipinski definition) is 1. The van der Waals surface area contributed by atoms with Gasteiger partial charge in [0.25, 0.3) is 0 Å². The van der Waals surface area contributed by atoms with E-state index in [-0.39, 0.29) is 0 Å². The molecular weight excluding hydrogens is 110 g/mol. The van der Waals surface area contributed by atoms with Crippen molar-refractivity contribution in [2.75, 3.05) is 0 Å². The molecule has 1 heteroatoms. The van der Waals surface area contributed by atoms with Gasteiger partial charge in [-0.3, -0.25) is 0 Å². The zero-order chi connectivity index (χ0) is 7.28. The predicted molar refractivity (Wildman–Crippen MR) is 42.3 cm³/mol. The molecule has 0 aliphatic rings. The first-order valence-electron chi connectivity index (χ1n) is 3.88. The van der Waals surface area contributed by atoms with Crippen LogP contribution in [0.25, 0.3) is 0 Å². The van der Waals surface area contributed by atoms with Crippen LogP contribution >= 0.6 is 0 Å². The molecule has 2 N–H and O–H groups in total. The molecule has 0 aromatic rings. The quantitative estimate of drug-likeness (QED) is 0.618. The largest absolute Gasteiger partial charge is 0.328 e. The first-order chi connectivity index (χ1) is 4.13. The molecule has 0 saturated heterocycles. The van der Waals surface area contributed by atoms with Gasteiger partial charge in [0.05, 0.1) is 0 Å². The van der Waals surface area contributed by atoms with Gasteiger partial charge in [0, 0.05) is 6.04 Å². The van der Waals surface area contributed by atoms with Gasteiger partial charge in [-0.05, 0) is 19.3 Å². The fraction of sp³-hybridized carbons (Fsp3) is 1.00. The molecule has 0 heterocycles. The summed E-state index contributed by atoms with van der Waals surface area (Å²) in [5.74, 6) is 0.837. The van der Waals surface area contributed by atoms with Crippen molar-refractivity contribution in [2.24, 2.45) is 11.7 Å². The maximum Gasteiger partial charge on any atom is 0.00104 e. The van der Waals surface area contributed by atoms with Gasteiger partial charge in [0.1, 0.15) is 0 Å². The highest BCUT2D eigenvalue weighted by Gasteiger charge is 1.95. The van der Waals surface area contributed by atoms with Crippen LogP contribution in [0.4, 0.5) is 0 Å². The molecule has 1 unspecified atom stereocenters. The molecule has 0 fully saturated rings. The molecule has 0 radical (unpaired) electrons. The highest BCUT2D eigenvalue weighted by atomic mass is 14.6. The van der Waals surface area contributed by atoms with E-state index in [1.807, 2.05) is 0 Å². The molecular formula is C8H19N. The van der Waals surface area contributed by atoms with E-state index in [4.69, 9.17) is 5.73 Å². The van der Waals surface area contributed by atoms with Gasteiger partial charge in [-0.2, -0.15) is 0 Å². The molecule has 0 saturated carbocycles. The Morgan fingerprint density at radius 1 is 1.11 bits per heavy atom. The van der Waals surface area contributed by atoms with Gasteiger partial charge in [-0.15, -0.1) is 0 Å². The fourth-order valence-corrected chi connectivity index (χ4v) is 0.848. The van der Waals surface area contributed by atoms with Crippen molar-refractivity contribution in [1.29, 1.82) is 0 Å². The second-order valence-corrected chi connectivity index (χ2v) is 3.30. The Hall–Kier alpha value is -0.0400. The summed E-state index contributed by atoms with van der Waals surface area (Å²) in [5.41, 5.74) is 5.58. The second kappa shape index (κ2) is 4.80. The lowest BCUT2D eigenvalue weighted by molar-refractivity contribution is 0.511. The molecule has 0 spiro atoms. The van der Waals surface area contributed by atoms with E-state index >= 15 is 0 Å². The molecule has 0 bridgehead atoms. The lowest BCUT2D eigenvalue weighted by Gasteiger charge is -2.05. The zero-order valence-corrected chi connectivity index (χ0v) is 6.85. The molecule has 0 aliphatic heterocycles. The summed E-state index contributed by atoms with van der Waals surface area (Å²) in [6.45, 7) is 6.57. The van der Waals surface area contributed by atoms with Crippen LogP contribution in [0.15, 0.2) is 0 Å². The van der Waals surface area contributed by atoms with Gasteiger partial charge in [-0.1, -0.05) is 26.7 Å². The topological polar surface area (TPSA) is 26.0 Å². The van der Waals surface area contributed by atoms with Crippen molar-refractivity contribution >= 4 is 0 Å². The summed E-state index contributed by atoms with van der Waals surface area (Å²) in [4.78, 5) is 0. The summed E-state index contributed by atoms with van der Waals surface area (Å²) >= 11 is 0. The molecule has 56 valence electrons. The first kappa shape index (κ1) is 8.96. The Morgan fingerprint density at radius 2 is 1.67 bits per heavy atom.